The summed E-state index contributed by atoms with van der Waals surface area (Å²) < 4.78 is 11.0. The first-order valence-corrected chi connectivity index (χ1v) is 8.55. The number of amides is 3. The van der Waals surface area contributed by atoms with Gasteiger partial charge in [-0.1, -0.05) is 35.9 Å². The predicted molar refractivity (Wildman–Crippen MR) is 95.0 cm³/mol. The number of urea groups is 1. The number of ether oxygens (including phenoxy) is 2. The molecule has 2 aromatic rings. The highest BCUT2D eigenvalue weighted by Crippen LogP contribution is 2.41. The summed E-state index contributed by atoms with van der Waals surface area (Å²) in [6.45, 7) is 2.51. The Kier molecular flexibility index (Phi) is 3.83. The number of carbonyl (C=O) groups excluding carboxylic acids is 2. The first-order valence-electron chi connectivity index (χ1n) is 8.55. The Morgan fingerprint density at radius 1 is 1.23 bits per heavy atom. The van der Waals surface area contributed by atoms with Gasteiger partial charge in [-0.25, -0.2) is 4.79 Å². The minimum Gasteiger partial charge on any atom is -0.496 e. The molecule has 2 aliphatic rings. The van der Waals surface area contributed by atoms with E-state index < -0.39 is 11.6 Å². The number of para-hydroxylation sites is 1. The summed E-state index contributed by atoms with van der Waals surface area (Å²) in [6.07, 6.45) is 0.413. The number of nitrogens with zero attached hydrogens (tertiary/aromatic N) is 1. The van der Waals surface area contributed by atoms with Gasteiger partial charge in [-0.15, -0.1) is 0 Å². The normalized spacial score (nSPS) is 21.4. The van der Waals surface area contributed by atoms with Crippen LogP contribution in [0.1, 0.15) is 23.1 Å². The smallest absolute Gasteiger partial charge is 0.325 e. The van der Waals surface area contributed by atoms with Crippen molar-refractivity contribution in [2.75, 3.05) is 13.7 Å². The van der Waals surface area contributed by atoms with Gasteiger partial charge in [0.05, 0.1) is 20.3 Å². The number of benzene rings is 2. The van der Waals surface area contributed by atoms with Gasteiger partial charge in [-0.3, -0.25) is 9.69 Å². The fourth-order valence-corrected chi connectivity index (χ4v) is 3.72. The van der Waals surface area contributed by atoms with E-state index in [2.05, 4.69) is 5.32 Å². The monoisotopic (exact) mass is 352 g/mol. The van der Waals surface area contributed by atoms with Crippen molar-refractivity contribution in [2.24, 2.45) is 0 Å². The first-order chi connectivity index (χ1) is 12.5. The average Bonchev–Trinajstić information content (AvgIpc) is 2.87. The van der Waals surface area contributed by atoms with Crippen LogP contribution in [0.5, 0.6) is 11.5 Å². The van der Waals surface area contributed by atoms with E-state index in [0.29, 0.717) is 30.1 Å². The molecule has 3 amide bonds. The minimum absolute atomic E-state index is 0.167. The van der Waals surface area contributed by atoms with Crippen LogP contribution in [0.4, 0.5) is 4.79 Å². The standard InChI is InChI=1S/C20H20N2O4/c1-13-7-8-16(25-2)14(11-13)12-22-18(23)20(21-19(22)24)9-10-26-17-6-4-3-5-15(17)20/h3-8,11H,9-10,12H2,1-2H3,(H,21,24). The Labute approximate surface area is 151 Å². The first kappa shape index (κ1) is 16.4. The molecule has 0 aliphatic carbocycles. The van der Waals surface area contributed by atoms with Gasteiger partial charge < -0.3 is 14.8 Å². The van der Waals surface area contributed by atoms with Crippen molar-refractivity contribution in [1.29, 1.82) is 0 Å². The molecule has 6 heteroatoms. The maximum absolute atomic E-state index is 13.3. The molecule has 6 nitrogen and oxygen atoms in total. The van der Waals surface area contributed by atoms with Gasteiger partial charge in [0.25, 0.3) is 5.91 Å². The number of methoxy groups -OCH3 is 1. The predicted octanol–water partition coefficient (Wildman–Crippen LogP) is 2.73. The highest BCUT2D eigenvalue weighted by Gasteiger charge is 2.54. The van der Waals surface area contributed by atoms with E-state index >= 15 is 0 Å². The second-order valence-corrected chi connectivity index (χ2v) is 6.64. The van der Waals surface area contributed by atoms with E-state index in [0.717, 1.165) is 11.1 Å². The maximum Gasteiger partial charge on any atom is 0.325 e. The number of nitrogens with one attached hydrogen (secondary N) is 1. The molecule has 26 heavy (non-hydrogen) atoms. The number of imide groups is 1. The Hall–Kier alpha value is -3.02. The van der Waals surface area contributed by atoms with Crippen molar-refractivity contribution in [1.82, 2.24) is 10.2 Å². The quantitative estimate of drug-likeness (QED) is 0.863. The topological polar surface area (TPSA) is 67.9 Å². The fraction of sp³-hybridized carbons (Fsp3) is 0.300. The fourth-order valence-electron chi connectivity index (χ4n) is 3.72. The zero-order valence-corrected chi connectivity index (χ0v) is 14.7. The van der Waals surface area contributed by atoms with Crippen molar-refractivity contribution in [3.8, 4) is 11.5 Å². The second kappa shape index (κ2) is 6.05. The number of fused-ring (bicyclic) bond motifs is 2. The van der Waals surface area contributed by atoms with Gasteiger partial charge in [-0.2, -0.15) is 0 Å². The van der Waals surface area contributed by atoms with Crippen molar-refractivity contribution in [3.63, 3.8) is 0 Å². The third-order valence-electron chi connectivity index (χ3n) is 5.02. The van der Waals surface area contributed by atoms with Gasteiger partial charge >= 0.3 is 6.03 Å². The SMILES string of the molecule is COc1ccc(C)cc1CN1C(=O)NC2(CCOc3ccccc32)C1=O. The lowest BCUT2D eigenvalue weighted by atomic mass is 9.84. The third kappa shape index (κ3) is 2.41. The summed E-state index contributed by atoms with van der Waals surface area (Å²) in [7, 11) is 1.58. The van der Waals surface area contributed by atoms with Crippen molar-refractivity contribution in [2.45, 2.75) is 25.4 Å². The molecule has 0 bridgehead atoms. The van der Waals surface area contributed by atoms with Crippen molar-refractivity contribution in [3.05, 3.63) is 59.2 Å². The molecule has 2 aliphatic heterocycles. The molecule has 2 aromatic carbocycles. The van der Waals surface area contributed by atoms with E-state index in [1.807, 2.05) is 49.4 Å². The van der Waals surface area contributed by atoms with Crippen LogP contribution in [0.25, 0.3) is 0 Å². The zero-order valence-electron chi connectivity index (χ0n) is 14.7. The lowest BCUT2D eigenvalue weighted by molar-refractivity contribution is -0.133. The van der Waals surface area contributed by atoms with E-state index in [1.165, 1.54) is 4.90 Å². The summed E-state index contributed by atoms with van der Waals surface area (Å²) in [4.78, 5) is 27.2. The van der Waals surface area contributed by atoms with Crippen LogP contribution < -0.4 is 14.8 Å². The van der Waals surface area contributed by atoms with Gasteiger partial charge in [0.2, 0.25) is 0 Å². The molecule has 1 spiro atoms. The molecule has 4 rings (SSSR count). The van der Waals surface area contributed by atoms with E-state index in [1.54, 1.807) is 7.11 Å². The van der Waals surface area contributed by atoms with Gasteiger partial charge in [0.15, 0.2) is 5.54 Å². The minimum atomic E-state index is -1.05. The number of aryl methyl sites for hydroxylation is 1. The van der Waals surface area contributed by atoms with Crippen LogP contribution >= 0.6 is 0 Å². The number of carbonyl (C=O) groups is 2. The summed E-state index contributed by atoms with van der Waals surface area (Å²) >= 11 is 0. The average molecular weight is 352 g/mol. The van der Waals surface area contributed by atoms with Crippen LogP contribution in [-0.4, -0.2) is 30.6 Å². The molecule has 2 heterocycles. The van der Waals surface area contributed by atoms with Gasteiger partial charge in [0, 0.05) is 17.5 Å². The highest BCUT2D eigenvalue weighted by atomic mass is 16.5. The highest BCUT2D eigenvalue weighted by molar-refractivity contribution is 6.07. The molecule has 1 atom stereocenters. The molecule has 1 unspecified atom stereocenters. The summed E-state index contributed by atoms with van der Waals surface area (Å²) in [5, 5.41) is 2.91. The van der Waals surface area contributed by atoms with E-state index in [-0.39, 0.29) is 12.5 Å². The molecule has 1 fully saturated rings. The third-order valence-corrected chi connectivity index (χ3v) is 5.02. The van der Waals surface area contributed by atoms with Gasteiger partial charge in [-0.05, 0) is 19.1 Å². The zero-order chi connectivity index (χ0) is 18.3. The molecular formula is C20H20N2O4. The molecule has 0 radical (unpaired) electrons. The van der Waals surface area contributed by atoms with E-state index in [9.17, 15) is 9.59 Å². The molecule has 0 saturated carbocycles. The largest absolute Gasteiger partial charge is 0.496 e. The summed E-state index contributed by atoms with van der Waals surface area (Å²) in [5.74, 6) is 1.05. The van der Waals surface area contributed by atoms with Crippen LogP contribution in [0.2, 0.25) is 0 Å². The van der Waals surface area contributed by atoms with Crippen LogP contribution in [-0.2, 0) is 16.9 Å². The van der Waals surface area contributed by atoms with Crippen molar-refractivity contribution >= 4 is 11.9 Å². The summed E-state index contributed by atoms with van der Waals surface area (Å²) in [5.41, 5.74) is 1.50. The Balaban J connectivity index is 1.71. The van der Waals surface area contributed by atoms with E-state index in [4.69, 9.17) is 9.47 Å². The van der Waals surface area contributed by atoms with Crippen molar-refractivity contribution < 1.29 is 19.1 Å². The molecule has 0 aromatic heterocycles. The Bertz CT molecular complexity index is 895. The lowest BCUT2D eigenvalue weighted by Crippen LogP contribution is -2.47. The second-order valence-electron chi connectivity index (χ2n) is 6.64. The molecule has 1 saturated heterocycles. The van der Waals surface area contributed by atoms with Gasteiger partial charge in [0.1, 0.15) is 11.5 Å². The molecule has 134 valence electrons. The molecule has 1 N–H and O–H groups in total. The lowest BCUT2D eigenvalue weighted by Gasteiger charge is -2.33. The Morgan fingerprint density at radius 2 is 2.04 bits per heavy atom. The van der Waals surface area contributed by atoms with Crippen LogP contribution in [0, 0.1) is 6.92 Å². The molecular weight excluding hydrogens is 332 g/mol. The van der Waals surface area contributed by atoms with Crippen LogP contribution in [0.3, 0.4) is 0 Å². The maximum atomic E-state index is 13.3. The summed E-state index contributed by atoms with van der Waals surface area (Å²) in [6, 6.07) is 12.7. The van der Waals surface area contributed by atoms with Crippen LogP contribution in [0.15, 0.2) is 42.5 Å². The number of hydrogen-bond donors (Lipinski definition) is 1. The number of rotatable bonds is 3. The number of hydrogen-bond acceptors (Lipinski definition) is 4. The Morgan fingerprint density at radius 3 is 2.85 bits per heavy atom.